The Labute approximate surface area is 100 Å². The molecular formula is C14H13NO2. The van der Waals surface area contributed by atoms with E-state index >= 15 is 0 Å². The molecular weight excluding hydrogens is 214 g/mol. The highest BCUT2D eigenvalue weighted by atomic mass is 16.5. The lowest BCUT2D eigenvalue weighted by molar-refractivity contribution is -0.137. The number of nitriles is 1. The lowest BCUT2D eigenvalue weighted by Gasteiger charge is -2.04. The van der Waals surface area contributed by atoms with Gasteiger partial charge in [-0.1, -0.05) is 24.3 Å². The highest BCUT2D eigenvalue weighted by Gasteiger charge is 2.23. The predicted octanol–water partition coefficient (Wildman–Crippen LogP) is 2.47. The molecule has 0 fully saturated rings. The molecule has 86 valence electrons. The van der Waals surface area contributed by atoms with Crippen molar-refractivity contribution >= 4 is 11.5 Å². The molecule has 3 heteroatoms. The first-order valence-electron chi connectivity index (χ1n) is 5.66. The molecule has 1 aromatic carbocycles. The van der Waals surface area contributed by atoms with E-state index in [-0.39, 0.29) is 5.57 Å². The average molecular weight is 227 g/mol. The summed E-state index contributed by atoms with van der Waals surface area (Å²) in [4.78, 5) is 11.7. The first-order valence-corrected chi connectivity index (χ1v) is 5.66. The summed E-state index contributed by atoms with van der Waals surface area (Å²) in [5.74, 6) is -0.512. The van der Waals surface area contributed by atoms with E-state index in [0.29, 0.717) is 6.61 Å². The van der Waals surface area contributed by atoms with E-state index in [4.69, 9.17) is 10.00 Å². The number of fused-ring (bicyclic) bond motifs is 1. The first-order chi connectivity index (χ1) is 8.27. The molecule has 0 N–H and O–H groups in total. The molecule has 0 heterocycles. The Kier molecular flexibility index (Phi) is 3.24. The monoisotopic (exact) mass is 227 g/mol. The fourth-order valence-electron chi connectivity index (χ4n) is 2.13. The summed E-state index contributed by atoms with van der Waals surface area (Å²) in [5.41, 5.74) is 3.18. The molecule has 1 aromatic rings. The summed E-state index contributed by atoms with van der Waals surface area (Å²) < 4.78 is 4.90. The van der Waals surface area contributed by atoms with Crippen LogP contribution < -0.4 is 0 Å². The molecule has 17 heavy (non-hydrogen) atoms. The fraction of sp³-hybridized carbons (Fsp3) is 0.286. The van der Waals surface area contributed by atoms with Crippen LogP contribution in [0.1, 0.15) is 24.5 Å². The molecule has 0 aliphatic heterocycles. The zero-order valence-electron chi connectivity index (χ0n) is 9.69. The SMILES string of the molecule is CCOC(=O)C(C#N)=C1CCc2ccccc21. The number of rotatable bonds is 2. The van der Waals surface area contributed by atoms with E-state index < -0.39 is 5.97 Å². The first kappa shape index (κ1) is 11.4. The van der Waals surface area contributed by atoms with Crippen molar-refractivity contribution in [3.63, 3.8) is 0 Å². The number of nitrogens with zero attached hydrogens (tertiary/aromatic N) is 1. The molecule has 0 saturated carbocycles. The predicted molar refractivity (Wildman–Crippen MR) is 63.9 cm³/mol. The maximum atomic E-state index is 11.7. The molecule has 2 rings (SSSR count). The zero-order chi connectivity index (χ0) is 12.3. The third kappa shape index (κ3) is 2.07. The quantitative estimate of drug-likeness (QED) is 0.443. The van der Waals surface area contributed by atoms with Crippen LogP contribution >= 0.6 is 0 Å². The highest BCUT2D eigenvalue weighted by molar-refractivity contribution is 6.02. The minimum Gasteiger partial charge on any atom is -0.462 e. The second-order valence-electron chi connectivity index (χ2n) is 3.84. The van der Waals surface area contributed by atoms with Gasteiger partial charge in [-0.25, -0.2) is 4.79 Å². The number of aryl methyl sites for hydroxylation is 1. The van der Waals surface area contributed by atoms with E-state index in [9.17, 15) is 4.79 Å². The Balaban J connectivity index is 2.46. The van der Waals surface area contributed by atoms with Gasteiger partial charge in [0, 0.05) is 0 Å². The Hall–Kier alpha value is -2.08. The van der Waals surface area contributed by atoms with Crippen LogP contribution in [0.15, 0.2) is 29.8 Å². The number of carbonyl (C=O) groups excluding carboxylic acids is 1. The summed E-state index contributed by atoms with van der Waals surface area (Å²) in [6.45, 7) is 2.03. The molecule has 0 aromatic heterocycles. The van der Waals surface area contributed by atoms with E-state index in [1.807, 2.05) is 30.3 Å². The maximum absolute atomic E-state index is 11.7. The van der Waals surface area contributed by atoms with E-state index in [0.717, 1.165) is 24.0 Å². The number of hydrogen-bond acceptors (Lipinski definition) is 3. The van der Waals surface area contributed by atoms with Gasteiger partial charge < -0.3 is 4.74 Å². The lowest BCUT2D eigenvalue weighted by atomic mass is 10.0. The Morgan fingerprint density at radius 1 is 1.41 bits per heavy atom. The molecule has 0 bridgehead atoms. The molecule has 0 amide bonds. The van der Waals surface area contributed by atoms with Crippen LogP contribution in [0.3, 0.4) is 0 Å². The van der Waals surface area contributed by atoms with Gasteiger partial charge in [-0.2, -0.15) is 5.26 Å². The van der Waals surface area contributed by atoms with Crippen molar-refractivity contribution in [2.75, 3.05) is 6.61 Å². The van der Waals surface area contributed by atoms with Crippen molar-refractivity contribution in [3.8, 4) is 6.07 Å². The molecule has 3 nitrogen and oxygen atoms in total. The van der Waals surface area contributed by atoms with Gasteiger partial charge >= 0.3 is 5.97 Å². The lowest BCUT2D eigenvalue weighted by Crippen LogP contribution is -2.08. The summed E-state index contributed by atoms with van der Waals surface area (Å²) in [7, 11) is 0. The standard InChI is InChI=1S/C14H13NO2/c1-2-17-14(16)13(9-15)12-8-7-10-5-3-4-6-11(10)12/h3-6H,2,7-8H2,1H3. The Bertz CT molecular complexity index is 523. The van der Waals surface area contributed by atoms with Gasteiger partial charge in [0.1, 0.15) is 11.6 Å². The van der Waals surface area contributed by atoms with Crippen molar-refractivity contribution in [2.24, 2.45) is 0 Å². The van der Waals surface area contributed by atoms with Crippen molar-refractivity contribution in [3.05, 3.63) is 41.0 Å². The third-order valence-electron chi connectivity index (χ3n) is 2.88. The zero-order valence-corrected chi connectivity index (χ0v) is 9.69. The molecule has 0 saturated heterocycles. The largest absolute Gasteiger partial charge is 0.462 e. The molecule has 0 atom stereocenters. The van der Waals surface area contributed by atoms with Gasteiger partial charge in [-0.05, 0) is 36.5 Å². The molecule has 0 unspecified atom stereocenters. The minimum absolute atomic E-state index is 0.150. The topological polar surface area (TPSA) is 50.1 Å². The number of hydrogen-bond donors (Lipinski definition) is 0. The van der Waals surface area contributed by atoms with Gasteiger partial charge in [-0.15, -0.1) is 0 Å². The minimum atomic E-state index is -0.512. The van der Waals surface area contributed by atoms with Gasteiger partial charge in [0.2, 0.25) is 0 Å². The summed E-state index contributed by atoms with van der Waals surface area (Å²) >= 11 is 0. The van der Waals surface area contributed by atoms with E-state index in [1.165, 1.54) is 5.56 Å². The second kappa shape index (κ2) is 4.84. The number of esters is 1. The van der Waals surface area contributed by atoms with Gasteiger partial charge in [0.15, 0.2) is 0 Å². The normalized spacial score (nSPS) is 16.0. The van der Waals surface area contributed by atoms with Crippen molar-refractivity contribution < 1.29 is 9.53 Å². The number of benzene rings is 1. The van der Waals surface area contributed by atoms with Crippen LogP contribution in [0.4, 0.5) is 0 Å². The van der Waals surface area contributed by atoms with Crippen LogP contribution in [0.25, 0.3) is 5.57 Å². The molecule has 0 spiro atoms. The van der Waals surface area contributed by atoms with Crippen LogP contribution in [0.2, 0.25) is 0 Å². The highest BCUT2D eigenvalue weighted by Crippen LogP contribution is 2.34. The number of carbonyl (C=O) groups is 1. The van der Waals surface area contributed by atoms with E-state index in [2.05, 4.69) is 0 Å². The average Bonchev–Trinajstić information content (AvgIpc) is 2.75. The third-order valence-corrected chi connectivity index (χ3v) is 2.88. The Morgan fingerprint density at radius 2 is 2.18 bits per heavy atom. The molecule has 0 radical (unpaired) electrons. The van der Waals surface area contributed by atoms with Gasteiger partial charge in [0.25, 0.3) is 0 Å². The summed E-state index contributed by atoms with van der Waals surface area (Å²) in [6.07, 6.45) is 1.62. The van der Waals surface area contributed by atoms with E-state index in [1.54, 1.807) is 6.92 Å². The van der Waals surface area contributed by atoms with Gasteiger partial charge in [0.05, 0.1) is 6.61 Å². The van der Waals surface area contributed by atoms with Crippen molar-refractivity contribution in [1.29, 1.82) is 5.26 Å². The van der Waals surface area contributed by atoms with Crippen LogP contribution in [0, 0.1) is 11.3 Å². The van der Waals surface area contributed by atoms with Crippen molar-refractivity contribution in [2.45, 2.75) is 19.8 Å². The number of allylic oxidation sites excluding steroid dienone is 1. The maximum Gasteiger partial charge on any atom is 0.349 e. The smallest absolute Gasteiger partial charge is 0.349 e. The molecule has 1 aliphatic carbocycles. The van der Waals surface area contributed by atoms with Gasteiger partial charge in [-0.3, -0.25) is 0 Å². The number of ether oxygens (including phenoxy) is 1. The molecule has 1 aliphatic rings. The van der Waals surface area contributed by atoms with Crippen molar-refractivity contribution in [1.82, 2.24) is 0 Å². The van der Waals surface area contributed by atoms with Crippen LogP contribution in [0.5, 0.6) is 0 Å². The Morgan fingerprint density at radius 3 is 2.88 bits per heavy atom. The second-order valence-corrected chi connectivity index (χ2v) is 3.84. The summed E-state index contributed by atoms with van der Waals surface area (Å²) in [6, 6.07) is 9.85. The van der Waals surface area contributed by atoms with Crippen LogP contribution in [-0.2, 0) is 16.0 Å². The fourth-order valence-corrected chi connectivity index (χ4v) is 2.13. The van der Waals surface area contributed by atoms with Crippen LogP contribution in [-0.4, -0.2) is 12.6 Å². The summed E-state index contributed by atoms with van der Waals surface area (Å²) in [5, 5.41) is 9.10.